The van der Waals surface area contributed by atoms with Gasteiger partial charge in [-0.15, -0.1) is 5.10 Å². The van der Waals surface area contributed by atoms with E-state index in [4.69, 9.17) is 5.11 Å². The van der Waals surface area contributed by atoms with Gasteiger partial charge in [-0.1, -0.05) is 6.07 Å². The molecule has 0 fully saturated rings. The Bertz CT molecular complexity index is 556. The van der Waals surface area contributed by atoms with E-state index >= 15 is 0 Å². The number of rotatable bonds is 6. The molecule has 0 aliphatic rings. The summed E-state index contributed by atoms with van der Waals surface area (Å²) in [6.45, 7) is 2.05. The number of carbonyl (C=O) groups is 1. The molecule has 1 unspecified atom stereocenters. The third-order valence-electron chi connectivity index (χ3n) is 2.89. The smallest absolute Gasteiger partial charge is 0.251 e. The number of nitrogens with zero attached hydrogens (tertiary/aromatic N) is 4. The summed E-state index contributed by atoms with van der Waals surface area (Å²) < 4.78 is 1.49. The molecule has 1 heterocycles. The van der Waals surface area contributed by atoms with Gasteiger partial charge in [0.1, 0.15) is 6.33 Å². The molecule has 2 rings (SSSR count). The SMILES string of the molecule is CC(CCCO)NC(=O)c1cccc(-n2cnnn2)c1. The normalized spacial score (nSPS) is 12.1. The van der Waals surface area contributed by atoms with E-state index in [-0.39, 0.29) is 18.6 Å². The summed E-state index contributed by atoms with van der Waals surface area (Å²) in [4.78, 5) is 12.1. The summed E-state index contributed by atoms with van der Waals surface area (Å²) in [6.07, 6.45) is 2.89. The van der Waals surface area contributed by atoms with Gasteiger partial charge in [-0.2, -0.15) is 0 Å². The van der Waals surface area contributed by atoms with Crippen molar-refractivity contribution in [2.75, 3.05) is 6.61 Å². The Labute approximate surface area is 116 Å². The predicted molar refractivity (Wildman–Crippen MR) is 72.4 cm³/mol. The van der Waals surface area contributed by atoms with Crippen molar-refractivity contribution in [2.24, 2.45) is 0 Å². The first-order chi connectivity index (χ1) is 9.70. The molecular weight excluding hydrogens is 258 g/mol. The first-order valence-electron chi connectivity index (χ1n) is 6.46. The van der Waals surface area contributed by atoms with Crippen molar-refractivity contribution >= 4 is 5.91 Å². The second-order valence-electron chi connectivity index (χ2n) is 4.55. The Hall–Kier alpha value is -2.28. The molecule has 0 bridgehead atoms. The van der Waals surface area contributed by atoms with Crippen LogP contribution < -0.4 is 5.32 Å². The van der Waals surface area contributed by atoms with Gasteiger partial charge in [-0.3, -0.25) is 4.79 Å². The number of hydrogen-bond acceptors (Lipinski definition) is 5. The molecule has 0 saturated carbocycles. The van der Waals surface area contributed by atoms with Crippen LogP contribution in [0.1, 0.15) is 30.1 Å². The lowest BCUT2D eigenvalue weighted by Crippen LogP contribution is -2.32. The molecule has 7 heteroatoms. The zero-order chi connectivity index (χ0) is 14.4. The van der Waals surface area contributed by atoms with Crippen LogP contribution in [-0.4, -0.2) is 43.9 Å². The molecule has 1 aromatic carbocycles. The van der Waals surface area contributed by atoms with Gasteiger partial charge in [0.05, 0.1) is 5.69 Å². The van der Waals surface area contributed by atoms with Gasteiger partial charge in [0.15, 0.2) is 0 Å². The number of aromatic nitrogens is 4. The van der Waals surface area contributed by atoms with Gasteiger partial charge in [0, 0.05) is 18.2 Å². The minimum atomic E-state index is -0.148. The van der Waals surface area contributed by atoms with Gasteiger partial charge < -0.3 is 10.4 Å². The largest absolute Gasteiger partial charge is 0.396 e. The lowest BCUT2D eigenvalue weighted by Gasteiger charge is -2.13. The Balaban J connectivity index is 2.05. The van der Waals surface area contributed by atoms with E-state index in [1.807, 2.05) is 13.0 Å². The average Bonchev–Trinajstić information content (AvgIpc) is 2.99. The molecular formula is C13H17N5O2. The molecule has 20 heavy (non-hydrogen) atoms. The standard InChI is InChI=1S/C13H17N5O2/c1-10(4-3-7-19)15-13(20)11-5-2-6-12(8-11)18-9-14-16-17-18/h2,5-6,8-10,19H,3-4,7H2,1H3,(H,15,20). The number of aliphatic hydroxyl groups is 1. The topological polar surface area (TPSA) is 92.9 Å². The summed E-state index contributed by atoms with van der Waals surface area (Å²) in [6, 6.07) is 7.09. The van der Waals surface area contributed by atoms with Crippen molar-refractivity contribution in [1.29, 1.82) is 0 Å². The number of tetrazole rings is 1. The lowest BCUT2D eigenvalue weighted by molar-refractivity contribution is 0.0936. The third-order valence-corrected chi connectivity index (χ3v) is 2.89. The number of benzene rings is 1. The van der Waals surface area contributed by atoms with Gasteiger partial charge in [0.25, 0.3) is 5.91 Å². The van der Waals surface area contributed by atoms with E-state index in [2.05, 4.69) is 20.8 Å². The maximum absolute atomic E-state index is 12.1. The number of nitrogens with one attached hydrogen (secondary N) is 1. The van der Waals surface area contributed by atoms with Gasteiger partial charge in [-0.25, -0.2) is 4.68 Å². The highest BCUT2D eigenvalue weighted by molar-refractivity contribution is 5.94. The number of amides is 1. The summed E-state index contributed by atoms with van der Waals surface area (Å²) >= 11 is 0. The molecule has 0 aliphatic heterocycles. The summed E-state index contributed by atoms with van der Waals surface area (Å²) in [5.41, 5.74) is 1.28. The van der Waals surface area contributed by atoms with E-state index in [9.17, 15) is 4.79 Å². The van der Waals surface area contributed by atoms with Gasteiger partial charge >= 0.3 is 0 Å². The van der Waals surface area contributed by atoms with Crippen LogP contribution in [0.4, 0.5) is 0 Å². The number of aliphatic hydroxyl groups excluding tert-OH is 1. The van der Waals surface area contributed by atoms with Crippen LogP contribution in [0.2, 0.25) is 0 Å². The summed E-state index contributed by atoms with van der Waals surface area (Å²) in [5, 5.41) is 22.6. The van der Waals surface area contributed by atoms with Crippen LogP contribution in [0, 0.1) is 0 Å². The van der Waals surface area contributed by atoms with Crippen molar-refractivity contribution < 1.29 is 9.90 Å². The molecule has 0 radical (unpaired) electrons. The van der Waals surface area contributed by atoms with E-state index in [1.165, 1.54) is 11.0 Å². The average molecular weight is 275 g/mol. The van der Waals surface area contributed by atoms with Crippen LogP contribution in [0.3, 0.4) is 0 Å². The second-order valence-corrected chi connectivity index (χ2v) is 4.55. The molecule has 2 N–H and O–H groups in total. The van der Waals surface area contributed by atoms with E-state index in [0.29, 0.717) is 12.0 Å². The molecule has 0 aliphatic carbocycles. The van der Waals surface area contributed by atoms with Crippen LogP contribution in [-0.2, 0) is 0 Å². The third kappa shape index (κ3) is 3.61. The lowest BCUT2D eigenvalue weighted by atomic mass is 10.1. The Kier molecular flexibility index (Phi) is 4.78. The minimum absolute atomic E-state index is 0.0198. The maximum atomic E-state index is 12.1. The highest BCUT2D eigenvalue weighted by atomic mass is 16.3. The summed E-state index contributed by atoms with van der Waals surface area (Å²) in [5.74, 6) is -0.148. The van der Waals surface area contributed by atoms with Crippen LogP contribution in [0.5, 0.6) is 0 Å². The number of hydrogen-bond donors (Lipinski definition) is 2. The van der Waals surface area contributed by atoms with Crippen molar-refractivity contribution in [3.05, 3.63) is 36.2 Å². The monoisotopic (exact) mass is 275 g/mol. The van der Waals surface area contributed by atoms with Gasteiger partial charge in [0.2, 0.25) is 0 Å². The van der Waals surface area contributed by atoms with Crippen molar-refractivity contribution in [1.82, 2.24) is 25.5 Å². The molecule has 2 aromatic rings. The predicted octanol–water partition coefficient (Wildman–Crippen LogP) is 0.553. The minimum Gasteiger partial charge on any atom is -0.396 e. The molecule has 106 valence electrons. The Morgan fingerprint density at radius 3 is 3.05 bits per heavy atom. The van der Waals surface area contributed by atoms with Crippen LogP contribution in [0.15, 0.2) is 30.6 Å². The zero-order valence-corrected chi connectivity index (χ0v) is 11.2. The number of carbonyl (C=O) groups excluding carboxylic acids is 1. The fourth-order valence-electron chi connectivity index (χ4n) is 1.85. The Morgan fingerprint density at radius 1 is 1.50 bits per heavy atom. The van der Waals surface area contributed by atoms with Crippen molar-refractivity contribution in [2.45, 2.75) is 25.8 Å². The van der Waals surface area contributed by atoms with Gasteiger partial charge in [-0.05, 0) is 48.4 Å². The maximum Gasteiger partial charge on any atom is 0.251 e. The highest BCUT2D eigenvalue weighted by Gasteiger charge is 2.10. The van der Waals surface area contributed by atoms with E-state index in [0.717, 1.165) is 12.1 Å². The Morgan fingerprint density at radius 2 is 2.35 bits per heavy atom. The molecule has 0 spiro atoms. The second kappa shape index (κ2) is 6.76. The molecule has 0 saturated heterocycles. The molecule has 1 amide bonds. The zero-order valence-electron chi connectivity index (χ0n) is 11.2. The summed E-state index contributed by atoms with van der Waals surface area (Å²) in [7, 11) is 0. The van der Waals surface area contributed by atoms with Crippen LogP contribution >= 0.6 is 0 Å². The van der Waals surface area contributed by atoms with E-state index < -0.39 is 0 Å². The van der Waals surface area contributed by atoms with Crippen molar-refractivity contribution in [3.8, 4) is 5.69 Å². The first-order valence-corrected chi connectivity index (χ1v) is 6.46. The quantitative estimate of drug-likeness (QED) is 0.803. The van der Waals surface area contributed by atoms with Crippen molar-refractivity contribution in [3.63, 3.8) is 0 Å². The van der Waals surface area contributed by atoms with Crippen LogP contribution in [0.25, 0.3) is 5.69 Å². The van der Waals surface area contributed by atoms with E-state index in [1.54, 1.807) is 18.2 Å². The fourth-order valence-corrected chi connectivity index (χ4v) is 1.85. The molecule has 1 aromatic heterocycles. The molecule has 7 nitrogen and oxygen atoms in total. The fraction of sp³-hybridized carbons (Fsp3) is 0.385. The highest BCUT2D eigenvalue weighted by Crippen LogP contribution is 2.09. The molecule has 1 atom stereocenters. The first kappa shape index (κ1) is 14.1.